The second kappa shape index (κ2) is 16.4. The lowest BCUT2D eigenvalue weighted by molar-refractivity contribution is -0.236. The number of nitrogens with two attached hydrogens (primary N) is 1. The van der Waals surface area contributed by atoms with Crippen molar-refractivity contribution >= 4 is 17.9 Å². The lowest BCUT2D eigenvalue weighted by Crippen LogP contribution is -2.65. The molecule has 0 spiro atoms. The molecule has 0 saturated heterocycles. The van der Waals surface area contributed by atoms with Gasteiger partial charge in [0.2, 0.25) is 0 Å². The van der Waals surface area contributed by atoms with E-state index in [-0.39, 0.29) is 70.5 Å². The minimum Gasteiger partial charge on any atom is -0.461 e. The molecule has 2 aromatic rings. The number of hydrogen-bond acceptors (Lipinski definition) is 8. The summed E-state index contributed by atoms with van der Waals surface area (Å²) < 4.78 is 18.3. The quantitative estimate of drug-likeness (QED) is 0.101. The zero-order valence-electron chi connectivity index (χ0n) is 34.0. The van der Waals surface area contributed by atoms with Crippen LogP contribution in [0.4, 0.5) is 0 Å². The van der Waals surface area contributed by atoms with Gasteiger partial charge in [-0.15, -0.1) is 0 Å². The Morgan fingerprint density at radius 2 is 1.56 bits per heavy atom. The summed E-state index contributed by atoms with van der Waals surface area (Å²) in [5.74, 6) is -0.981. The van der Waals surface area contributed by atoms with Gasteiger partial charge >= 0.3 is 17.9 Å². The van der Waals surface area contributed by atoms with Crippen LogP contribution in [0.1, 0.15) is 111 Å². The fourth-order valence-corrected chi connectivity index (χ4v) is 11.9. The molecule has 298 valence electrons. The first-order valence-corrected chi connectivity index (χ1v) is 20.5. The molecule has 0 aromatic heterocycles. The van der Waals surface area contributed by atoms with Gasteiger partial charge < -0.3 is 25.1 Å². The molecule has 3 N–H and O–H groups in total. The maximum Gasteiger partial charge on any atom is 0.334 e. The molecule has 4 unspecified atom stereocenters. The van der Waals surface area contributed by atoms with E-state index in [9.17, 15) is 19.5 Å². The number of fused-ring (bicyclic) bond motifs is 5. The number of aliphatic hydroxyl groups is 1. The number of aliphatic hydroxyl groups excluding tert-OH is 1. The third-order valence-electron chi connectivity index (χ3n) is 14.6. The number of hydrogen-bond donors (Lipinski definition) is 2. The van der Waals surface area contributed by atoms with E-state index >= 15 is 0 Å². The Kier molecular flexibility index (Phi) is 12.2. The standard InChI is InChI=1S/C47H63NO7/c1-29(2)15-14-20-34(43(51)53-28-33-18-12-9-13-19-33)41-36-26-38(50)42-45(5)23-22-39(55-44(52)37(48)25-32-16-10-8-11-17-32)30(3)35(45)21-24-46(42,6)47(36,7)27-40(41)54-31(4)49/h8-13,15-19,30,35-40,42,50H,14,20-28,48H2,1-7H3/b41-34-/t30-,35?,36?,37?,38+,39+,40-,42?,45-,46-,47-/m0/s1. The fraction of sp³-hybridized carbons (Fsp3) is 0.596. The summed E-state index contributed by atoms with van der Waals surface area (Å²) in [7, 11) is 0. The van der Waals surface area contributed by atoms with E-state index in [1.165, 1.54) is 6.92 Å². The van der Waals surface area contributed by atoms with Crippen molar-refractivity contribution in [3.63, 3.8) is 0 Å². The van der Waals surface area contributed by atoms with Gasteiger partial charge in [-0.2, -0.15) is 0 Å². The number of carbonyl (C=O) groups is 3. The first-order chi connectivity index (χ1) is 26.1. The molecule has 55 heavy (non-hydrogen) atoms. The summed E-state index contributed by atoms with van der Waals surface area (Å²) in [4.78, 5) is 40.2. The molecule has 0 aliphatic heterocycles. The van der Waals surface area contributed by atoms with Crippen LogP contribution >= 0.6 is 0 Å². The van der Waals surface area contributed by atoms with Crippen molar-refractivity contribution in [3.8, 4) is 0 Å². The number of ether oxygens (including phenoxy) is 3. The third kappa shape index (κ3) is 7.96. The van der Waals surface area contributed by atoms with Crippen LogP contribution in [0.25, 0.3) is 0 Å². The number of esters is 3. The summed E-state index contributed by atoms with van der Waals surface area (Å²) >= 11 is 0. The molecule has 4 aliphatic carbocycles. The Morgan fingerprint density at radius 3 is 2.20 bits per heavy atom. The summed E-state index contributed by atoms with van der Waals surface area (Å²) in [5, 5.41) is 12.5. The zero-order valence-corrected chi connectivity index (χ0v) is 34.0. The molecule has 8 nitrogen and oxygen atoms in total. The molecule has 6 rings (SSSR count). The molecule has 4 saturated carbocycles. The normalized spacial score (nSPS) is 35.3. The average molecular weight is 754 g/mol. The molecule has 4 fully saturated rings. The third-order valence-corrected chi connectivity index (χ3v) is 14.6. The van der Waals surface area contributed by atoms with Crippen LogP contribution in [-0.4, -0.2) is 47.4 Å². The van der Waals surface area contributed by atoms with Crippen LogP contribution in [0.2, 0.25) is 0 Å². The highest BCUT2D eigenvalue weighted by Crippen LogP contribution is 2.74. The monoisotopic (exact) mass is 753 g/mol. The number of carbonyl (C=O) groups excluding carboxylic acids is 3. The number of benzene rings is 2. The number of allylic oxidation sites excluding steroid dienone is 2. The molecule has 2 aromatic carbocycles. The van der Waals surface area contributed by atoms with E-state index in [2.05, 4.69) is 33.8 Å². The van der Waals surface area contributed by atoms with Crippen LogP contribution in [0.3, 0.4) is 0 Å². The largest absolute Gasteiger partial charge is 0.461 e. The molecule has 0 amide bonds. The van der Waals surface area contributed by atoms with Crippen molar-refractivity contribution in [1.29, 1.82) is 0 Å². The Hall–Kier alpha value is -3.75. The van der Waals surface area contributed by atoms with E-state index in [1.54, 1.807) is 0 Å². The predicted molar refractivity (Wildman–Crippen MR) is 213 cm³/mol. The van der Waals surface area contributed by atoms with E-state index < -0.39 is 18.2 Å². The van der Waals surface area contributed by atoms with Gasteiger partial charge in [-0.25, -0.2) is 4.79 Å². The molecular weight excluding hydrogens is 691 g/mol. The Bertz CT molecular complexity index is 1770. The fourth-order valence-electron chi connectivity index (χ4n) is 11.9. The molecule has 0 bridgehead atoms. The second-order valence-corrected chi connectivity index (χ2v) is 18.1. The highest BCUT2D eigenvalue weighted by Gasteiger charge is 2.71. The van der Waals surface area contributed by atoms with Crippen molar-refractivity contribution in [3.05, 3.63) is 94.6 Å². The van der Waals surface area contributed by atoms with Crippen LogP contribution < -0.4 is 5.73 Å². The van der Waals surface area contributed by atoms with E-state index in [4.69, 9.17) is 19.9 Å². The molecule has 4 aliphatic rings. The predicted octanol–water partition coefficient (Wildman–Crippen LogP) is 8.45. The molecule has 8 heteroatoms. The SMILES string of the molecule is CC(=O)O[C@H]1C[C@@]2(C)C(C[C@@H](O)C3[C@@]4(C)CC[C@@H](OC(=O)C(N)Cc5ccccc5)[C@@H](C)C4CC[C@@]32C)/C1=C(\CCC=C(C)C)C(=O)OCc1ccccc1. The van der Waals surface area contributed by atoms with Crippen LogP contribution in [0.5, 0.6) is 0 Å². The van der Waals surface area contributed by atoms with Crippen LogP contribution in [0.15, 0.2) is 83.5 Å². The lowest BCUT2D eigenvalue weighted by atomic mass is 9.36. The molecule has 0 radical (unpaired) electrons. The lowest BCUT2D eigenvalue weighted by Gasteiger charge is -2.69. The minimum absolute atomic E-state index is 0.0316. The Balaban J connectivity index is 1.29. The number of rotatable bonds is 11. The second-order valence-electron chi connectivity index (χ2n) is 18.1. The summed E-state index contributed by atoms with van der Waals surface area (Å²) in [6, 6.07) is 18.7. The minimum atomic E-state index is -0.730. The highest BCUT2D eigenvalue weighted by atomic mass is 16.6. The van der Waals surface area contributed by atoms with Gasteiger partial charge in [-0.3, -0.25) is 9.59 Å². The van der Waals surface area contributed by atoms with Crippen molar-refractivity contribution in [2.45, 2.75) is 137 Å². The molecular formula is C47H63NO7. The van der Waals surface area contributed by atoms with Crippen molar-refractivity contribution in [1.82, 2.24) is 0 Å². The smallest absolute Gasteiger partial charge is 0.334 e. The van der Waals surface area contributed by atoms with Gasteiger partial charge in [-0.05, 0) is 128 Å². The average Bonchev–Trinajstić information content (AvgIpc) is 3.41. The topological polar surface area (TPSA) is 125 Å². The molecule has 11 atom stereocenters. The van der Waals surface area contributed by atoms with Crippen LogP contribution in [0, 0.1) is 39.9 Å². The van der Waals surface area contributed by atoms with Gasteiger partial charge in [0.05, 0.1) is 6.10 Å². The van der Waals surface area contributed by atoms with E-state index in [0.717, 1.165) is 41.5 Å². The van der Waals surface area contributed by atoms with E-state index in [0.29, 0.717) is 44.1 Å². The van der Waals surface area contributed by atoms with Crippen molar-refractivity contribution in [2.24, 2.45) is 45.7 Å². The van der Waals surface area contributed by atoms with Gasteiger partial charge in [0, 0.05) is 12.5 Å². The van der Waals surface area contributed by atoms with Crippen LogP contribution in [-0.2, 0) is 41.6 Å². The summed E-state index contributed by atoms with van der Waals surface area (Å²) in [6.45, 7) is 14.9. The summed E-state index contributed by atoms with van der Waals surface area (Å²) in [6.07, 6.45) is 6.60. The van der Waals surface area contributed by atoms with E-state index in [1.807, 2.05) is 74.5 Å². The Morgan fingerprint density at radius 1 is 0.909 bits per heavy atom. The van der Waals surface area contributed by atoms with Crippen molar-refractivity contribution in [2.75, 3.05) is 0 Å². The summed E-state index contributed by atoms with van der Waals surface area (Å²) in [5.41, 5.74) is 9.95. The first kappa shape index (κ1) is 40.9. The maximum atomic E-state index is 14.2. The highest BCUT2D eigenvalue weighted by molar-refractivity contribution is 5.90. The van der Waals surface area contributed by atoms with Gasteiger partial charge in [0.1, 0.15) is 24.9 Å². The van der Waals surface area contributed by atoms with Crippen molar-refractivity contribution < 1.29 is 33.7 Å². The first-order valence-electron chi connectivity index (χ1n) is 20.5. The Labute approximate surface area is 328 Å². The van der Waals surface area contributed by atoms with Gasteiger partial charge in [-0.1, -0.05) is 100 Å². The maximum absolute atomic E-state index is 14.2. The van der Waals surface area contributed by atoms with Gasteiger partial charge in [0.15, 0.2) is 0 Å². The zero-order chi connectivity index (χ0) is 39.7. The molecule has 0 heterocycles. The van der Waals surface area contributed by atoms with Gasteiger partial charge in [0.25, 0.3) is 0 Å².